The molecule has 1 atom stereocenters. The van der Waals surface area contributed by atoms with Crippen LogP contribution in [0, 0.1) is 0 Å². The van der Waals surface area contributed by atoms with Crippen LogP contribution in [0.15, 0.2) is 291 Å². The summed E-state index contributed by atoms with van der Waals surface area (Å²) in [6.07, 6.45) is 0. The maximum atomic E-state index is 2.54. The fourth-order valence-electron chi connectivity index (χ4n) is 13.5. The van der Waals surface area contributed by atoms with Gasteiger partial charge in [-0.3, -0.25) is 0 Å². The number of fused-ring (bicyclic) bond motifs is 15. The molecule has 3 aliphatic carbocycles. The summed E-state index contributed by atoms with van der Waals surface area (Å²) in [6, 6.07) is 108. The summed E-state index contributed by atoms with van der Waals surface area (Å²) in [5, 5.41) is 2.45. The summed E-state index contributed by atoms with van der Waals surface area (Å²) < 4.78 is 0. The zero-order chi connectivity index (χ0) is 48.8. The quantitative estimate of drug-likeness (QED) is 0.150. The normalized spacial score (nSPS) is 14.9. The molecule has 346 valence electrons. The van der Waals surface area contributed by atoms with Gasteiger partial charge in [-0.25, -0.2) is 0 Å². The Kier molecular flexibility index (Phi) is 9.43. The van der Waals surface area contributed by atoms with E-state index in [0.29, 0.717) is 0 Å². The molecule has 2 nitrogen and oxygen atoms in total. The molecule has 15 rings (SSSR count). The summed E-state index contributed by atoms with van der Waals surface area (Å²) in [6.45, 7) is 0. The summed E-state index contributed by atoms with van der Waals surface area (Å²) in [7, 11) is 0. The Morgan fingerprint density at radius 3 is 1.22 bits per heavy atom. The van der Waals surface area contributed by atoms with Gasteiger partial charge < -0.3 is 9.80 Å². The van der Waals surface area contributed by atoms with Crippen LogP contribution >= 0.6 is 0 Å². The molecule has 2 heteroatoms. The van der Waals surface area contributed by atoms with E-state index in [2.05, 4.69) is 301 Å². The van der Waals surface area contributed by atoms with Gasteiger partial charge in [-0.05, 0) is 138 Å². The first kappa shape index (κ1) is 42.2. The Morgan fingerprint density at radius 2 is 0.635 bits per heavy atom. The van der Waals surface area contributed by atoms with Crippen LogP contribution in [0.2, 0.25) is 0 Å². The molecule has 3 aliphatic rings. The van der Waals surface area contributed by atoms with Crippen LogP contribution in [-0.2, 0) is 10.8 Å². The Balaban J connectivity index is 1.02. The SMILES string of the molecule is c1ccc(N(c2ccc3c(c2)C2(c4ccccc4-3)c3ccccc3-c3c2cc(N(c2ccccc2)c2ccccc2)c2ccccc32)c2cccc3c2-c2ccccc2C3(c2ccccc2)c2ccccc2)cc1. The fraction of sp³-hybridized carbons (Fsp3) is 0.0278. The van der Waals surface area contributed by atoms with Gasteiger partial charge in [0.05, 0.1) is 22.2 Å². The molecule has 1 unspecified atom stereocenters. The second-order valence-corrected chi connectivity index (χ2v) is 19.8. The van der Waals surface area contributed by atoms with Gasteiger partial charge in [0.2, 0.25) is 0 Å². The molecule has 0 saturated carbocycles. The lowest BCUT2D eigenvalue weighted by atomic mass is 9.68. The van der Waals surface area contributed by atoms with E-state index in [4.69, 9.17) is 0 Å². The van der Waals surface area contributed by atoms with Gasteiger partial charge in [0, 0.05) is 33.7 Å². The number of hydrogen-bond donors (Lipinski definition) is 0. The van der Waals surface area contributed by atoms with Crippen LogP contribution in [0.4, 0.5) is 34.1 Å². The maximum absolute atomic E-state index is 2.54. The predicted molar refractivity (Wildman–Crippen MR) is 307 cm³/mol. The van der Waals surface area contributed by atoms with Gasteiger partial charge in [0.1, 0.15) is 0 Å². The summed E-state index contributed by atoms with van der Waals surface area (Å²) in [5.41, 5.74) is 23.4. The van der Waals surface area contributed by atoms with E-state index in [0.717, 1.165) is 34.1 Å². The first-order valence-electron chi connectivity index (χ1n) is 25.8. The molecule has 0 amide bonds. The lowest BCUT2D eigenvalue weighted by Gasteiger charge is -2.35. The smallest absolute Gasteiger partial charge is 0.0727 e. The van der Waals surface area contributed by atoms with Crippen molar-refractivity contribution in [2.24, 2.45) is 0 Å². The fourth-order valence-corrected chi connectivity index (χ4v) is 13.5. The number of para-hydroxylation sites is 3. The van der Waals surface area contributed by atoms with Gasteiger partial charge >= 0.3 is 0 Å². The topological polar surface area (TPSA) is 6.48 Å². The van der Waals surface area contributed by atoms with Crippen molar-refractivity contribution in [1.82, 2.24) is 0 Å². The molecular formula is C72H48N2. The van der Waals surface area contributed by atoms with Crippen molar-refractivity contribution in [3.8, 4) is 33.4 Å². The molecule has 1 spiro atoms. The molecule has 0 saturated heterocycles. The van der Waals surface area contributed by atoms with Crippen LogP contribution in [0.25, 0.3) is 44.2 Å². The highest BCUT2D eigenvalue weighted by molar-refractivity contribution is 6.12. The summed E-state index contributed by atoms with van der Waals surface area (Å²) in [4.78, 5) is 4.98. The summed E-state index contributed by atoms with van der Waals surface area (Å²) >= 11 is 0. The monoisotopic (exact) mass is 940 g/mol. The molecular weight excluding hydrogens is 893 g/mol. The Labute approximate surface area is 432 Å². The minimum absolute atomic E-state index is 0.540. The third-order valence-electron chi connectivity index (χ3n) is 16.3. The molecule has 0 radical (unpaired) electrons. The van der Waals surface area contributed by atoms with E-state index in [1.54, 1.807) is 0 Å². The van der Waals surface area contributed by atoms with E-state index in [1.165, 1.54) is 88.7 Å². The minimum Gasteiger partial charge on any atom is -0.310 e. The second-order valence-electron chi connectivity index (χ2n) is 19.8. The van der Waals surface area contributed by atoms with Crippen molar-refractivity contribution < 1.29 is 0 Å². The van der Waals surface area contributed by atoms with E-state index in [9.17, 15) is 0 Å². The maximum Gasteiger partial charge on any atom is 0.0727 e. The molecule has 0 N–H and O–H groups in total. The van der Waals surface area contributed by atoms with Crippen LogP contribution in [0.5, 0.6) is 0 Å². The molecule has 0 fully saturated rings. The largest absolute Gasteiger partial charge is 0.310 e. The number of benzene rings is 12. The third-order valence-corrected chi connectivity index (χ3v) is 16.3. The number of anilines is 6. The summed E-state index contributed by atoms with van der Waals surface area (Å²) in [5.74, 6) is 0. The molecule has 0 bridgehead atoms. The van der Waals surface area contributed by atoms with Crippen LogP contribution in [0.1, 0.15) is 44.5 Å². The first-order chi connectivity index (χ1) is 36.8. The number of nitrogens with zero attached hydrogens (tertiary/aromatic N) is 2. The number of rotatable bonds is 8. The molecule has 74 heavy (non-hydrogen) atoms. The van der Waals surface area contributed by atoms with Crippen molar-refractivity contribution in [3.05, 3.63) is 336 Å². The first-order valence-corrected chi connectivity index (χ1v) is 25.8. The van der Waals surface area contributed by atoms with Gasteiger partial charge in [0.25, 0.3) is 0 Å². The Bertz CT molecular complexity index is 4050. The number of hydrogen-bond acceptors (Lipinski definition) is 2. The zero-order valence-corrected chi connectivity index (χ0v) is 40.6. The Morgan fingerprint density at radius 1 is 0.216 bits per heavy atom. The highest BCUT2D eigenvalue weighted by Crippen LogP contribution is 2.66. The van der Waals surface area contributed by atoms with Gasteiger partial charge in [-0.2, -0.15) is 0 Å². The van der Waals surface area contributed by atoms with Crippen molar-refractivity contribution >= 4 is 44.9 Å². The highest BCUT2D eigenvalue weighted by atomic mass is 15.2. The predicted octanol–water partition coefficient (Wildman–Crippen LogP) is 18.5. The van der Waals surface area contributed by atoms with Crippen molar-refractivity contribution in [2.75, 3.05) is 9.80 Å². The van der Waals surface area contributed by atoms with Crippen LogP contribution < -0.4 is 9.80 Å². The molecule has 0 heterocycles. The van der Waals surface area contributed by atoms with E-state index >= 15 is 0 Å². The van der Waals surface area contributed by atoms with Crippen molar-refractivity contribution in [2.45, 2.75) is 10.8 Å². The lowest BCUT2D eigenvalue weighted by Crippen LogP contribution is -2.28. The highest BCUT2D eigenvalue weighted by Gasteiger charge is 2.53. The molecule has 12 aromatic rings. The second kappa shape index (κ2) is 16.5. The van der Waals surface area contributed by atoms with Gasteiger partial charge in [0.15, 0.2) is 0 Å². The van der Waals surface area contributed by atoms with Gasteiger partial charge in [-0.1, -0.05) is 231 Å². The Hall–Kier alpha value is -9.50. The standard InChI is InChI=1S/C72H48N2/c1-6-25-49(26-7-1)71(50-27-8-2-9-28-50)62-41-22-20-39-60(62)70-64(71)43-24-44-67(70)74(53-33-14-5-15-34-53)54-45-46-56-55-35-18-21-40-61(55)72(65(56)47-54)63-42-23-19-38-59(63)69-58-37-17-16-36-57(58)68(48-66(69)72)73(51-29-10-3-11-30-51)52-31-12-4-13-32-52/h1-48H. The average Bonchev–Trinajstić information content (AvgIpc) is 4.17. The lowest BCUT2D eigenvalue weighted by molar-refractivity contribution is 0.768. The van der Waals surface area contributed by atoms with E-state index in [-0.39, 0.29) is 0 Å². The van der Waals surface area contributed by atoms with Crippen molar-refractivity contribution in [3.63, 3.8) is 0 Å². The van der Waals surface area contributed by atoms with E-state index in [1.807, 2.05) is 0 Å². The average molecular weight is 941 g/mol. The zero-order valence-electron chi connectivity index (χ0n) is 40.6. The van der Waals surface area contributed by atoms with Crippen LogP contribution in [0.3, 0.4) is 0 Å². The van der Waals surface area contributed by atoms with Crippen molar-refractivity contribution in [1.29, 1.82) is 0 Å². The van der Waals surface area contributed by atoms with Crippen LogP contribution in [-0.4, -0.2) is 0 Å². The third kappa shape index (κ3) is 5.82. The minimum atomic E-state index is -0.644. The van der Waals surface area contributed by atoms with E-state index < -0.39 is 10.8 Å². The molecule has 0 aromatic heterocycles. The molecule has 12 aromatic carbocycles. The molecule has 0 aliphatic heterocycles. The van der Waals surface area contributed by atoms with Gasteiger partial charge in [-0.15, -0.1) is 0 Å².